The van der Waals surface area contributed by atoms with Crippen LogP contribution in [0.25, 0.3) is 0 Å². The Labute approximate surface area is 88.1 Å². The summed E-state index contributed by atoms with van der Waals surface area (Å²) in [6, 6.07) is 4.23. The highest BCUT2D eigenvalue weighted by Gasteiger charge is 2.25. The molecule has 1 heterocycles. The average Bonchev–Trinajstić information content (AvgIpc) is 2.69. The predicted octanol–water partition coefficient (Wildman–Crippen LogP) is 2.50. The molecule has 0 spiro atoms. The van der Waals surface area contributed by atoms with Crippen LogP contribution >= 0.6 is 0 Å². The fourth-order valence-electron chi connectivity index (χ4n) is 1.86. The lowest BCUT2D eigenvalue weighted by atomic mass is 9.99. The van der Waals surface area contributed by atoms with Crippen LogP contribution in [0.4, 0.5) is 4.39 Å². The molecule has 1 aromatic rings. The predicted molar refractivity (Wildman–Crippen MR) is 54.4 cm³/mol. The maximum Gasteiger partial charge on any atom is 0.191 e. The van der Waals surface area contributed by atoms with E-state index in [2.05, 4.69) is 0 Å². The van der Waals surface area contributed by atoms with Crippen LogP contribution in [-0.2, 0) is 4.74 Å². The summed E-state index contributed by atoms with van der Waals surface area (Å²) >= 11 is 0. The molecule has 1 saturated heterocycles. The Morgan fingerprint density at radius 3 is 2.93 bits per heavy atom. The summed E-state index contributed by atoms with van der Waals surface area (Å²) in [7, 11) is 0. The van der Waals surface area contributed by atoms with Gasteiger partial charge in [-0.3, -0.25) is 4.79 Å². The second kappa shape index (κ2) is 4.11. The summed E-state index contributed by atoms with van der Waals surface area (Å²) in [5.41, 5.74) is 1.25. The molecule has 1 unspecified atom stereocenters. The molecule has 0 aliphatic carbocycles. The van der Waals surface area contributed by atoms with Gasteiger partial charge in [-0.1, -0.05) is 0 Å². The largest absolute Gasteiger partial charge is 0.370 e. The van der Waals surface area contributed by atoms with Gasteiger partial charge in [0.2, 0.25) is 0 Å². The summed E-state index contributed by atoms with van der Waals surface area (Å²) in [6.07, 6.45) is 1.38. The molecule has 0 bridgehead atoms. The molecule has 0 saturated carbocycles. The van der Waals surface area contributed by atoms with E-state index in [0.717, 1.165) is 12.8 Å². The number of carbonyl (C=O) groups is 1. The van der Waals surface area contributed by atoms with Gasteiger partial charge in [-0.05, 0) is 43.5 Å². The van der Waals surface area contributed by atoms with Gasteiger partial charge in [-0.15, -0.1) is 0 Å². The number of halogens is 1. The number of hydrogen-bond acceptors (Lipinski definition) is 2. The zero-order valence-electron chi connectivity index (χ0n) is 8.63. The highest BCUT2D eigenvalue weighted by Crippen LogP contribution is 2.19. The van der Waals surface area contributed by atoms with E-state index in [1.165, 1.54) is 18.2 Å². The molecule has 1 aliphatic heterocycles. The second-order valence-corrected chi connectivity index (χ2v) is 3.83. The van der Waals surface area contributed by atoms with Crippen LogP contribution in [0.1, 0.15) is 28.8 Å². The molecule has 0 radical (unpaired) electrons. The summed E-state index contributed by atoms with van der Waals surface area (Å²) in [5.74, 6) is -0.332. The van der Waals surface area contributed by atoms with Gasteiger partial charge in [0.25, 0.3) is 0 Å². The topological polar surface area (TPSA) is 26.3 Å². The Kier molecular flexibility index (Phi) is 2.82. The number of ketones is 1. The number of benzene rings is 1. The van der Waals surface area contributed by atoms with Crippen molar-refractivity contribution in [2.75, 3.05) is 6.61 Å². The van der Waals surface area contributed by atoms with Crippen molar-refractivity contribution in [3.05, 3.63) is 35.1 Å². The molecule has 1 fully saturated rings. The number of ether oxygens (including phenoxy) is 1. The van der Waals surface area contributed by atoms with Gasteiger partial charge in [-0.2, -0.15) is 0 Å². The van der Waals surface area contributed by atoms with Gasteiger partial charge in [0.15, 0.2) is 5.78 Å². The van der Waals surface area contributed by atoms with Crippen molar-refractivity contribution in [3.63, 3.8) is 0 Å². The lowest BCUT2D eigenvalue weighted by molar-refractivity contribution is 0.0642. The number of hydrogen-bond donors (Lipinski definition) is 0. The van der Waals surface area contributed by atoms with Crippen molar-refractivity contribution in [1.29, 1.82) is 0 Å². The van der Waals surface area contributed by atoms with Crippen LogP contribution in [0.2, 0.25) is 0 Å². The maximum absolute atomic E-state index is 12.8. The normalized spacial score (nSPS) is 20.5. The minimum atomic E-state index is -0.325. The van der Waals surface area contributed by atoms with Crippen LogP contribution in [0, 0.1) is 12.7 Å². The molecule has 3 heteroatoms. The fraction of sp³-hybridized carbons (Fsp3) is 0.417. The van der Waals surface area contributed by atoms with Crippen LogP contribution in [-0.4, -0.2) is 18.5 Å². The molecular formula is C12H13FO2. The molecule has 2 nitrogen and oxygen atoms in total. The van der Waals surface area contributed by atoms with Crippen molar-refractivity contribution in [2.24, 2.45) is 0 Å². The van der Waals surface area contributed by atoms with E-state index in [-0.39, 0.29) is 17.7 Å². The zero-order chi connectivity index (χ0) is 10.8. The minimum absolute atomic E-state index is 0.0231. The van der Waals surface area contributed by atoms with Gasteiger partial charge in [0, 0.05) is 12.2 Å². The first-order chi connectivity index (χ1) is 7.18. The molecule has 0 amide bonds. The van der Waals surface area contributed by atoms with Crippen LogP contribution in [0.5, 0.6) is 0 Å². The lowest BCUT2D eigenvalue weighted by Gasteiger charge is -2.10. The van der Waals surface area contributed by atoms with E-state index in [0.29, 0.717) is 17.7 Å². The van der Waals surface area contributed by atoms with Crippen molar-refractivity contribution >= 4 is 5.78 Å². The highest BCUT2D eigenvalue weighted by atomic mass is 19.1. The van der Waals surface area contributed by atoms with Gasteiger partial charge < -0.3 is 4.74 Å². The molecule has 1 atom stereocenters. The number of carbonyl (C=O) groups excluding carboxylic acids is 1. The molecule has 15 heavy (non-hydrogen) atoms. The Bertz CT molecular complexity index is 381. The molecule has 0 aromatic heterocycles. The monoisotopic (exact) mass is 208 g/mol. The lowest BCUT2D eigenvalue weighted by Crippen LogP contribution is -2.20. The van der Waals surface area contributed by atoms with Gasteiger partial charge in [0.05, 0.1) is 0 Å². The molecule has 1 aromatic carbocycles. The Balaban J connectivity index is 2.24. The molecule has 1 aliphatic rings. The van der Waals surface area contributed by atoms with Gasteiger partial charge >= 0.3 is 0 Å². The third kappa shape index (κ3) is 2.07. The quantitative estimate of drug-likeness (QED) is 0.698. The summed E-state index contributed by atoms with van der Waals surface area (Å²) in [6.45, 7) is 2.39. The Hall–Kier alpha value is -1.22. The summed E-state index contributed by atoms with van der Waals surface area (Å²) in [4.78, 5) is 11.9. The molecule has 0 N–H and O–H groups in total. The minimum Gasteiger partial charge on any atom is -0.370 e. The van der Waals surface area contributed by atoms with E-state index < -0.39 is 0 Å². The van der Waals surface area contributed by atoms with Crippen molar-refractivity contribution < 1.29 is 13.9 Å². The summed E-state index contributed by atoms with van der Waals surface area (Å²) < 4.78 is 18.2. The van der Waals surface area contributed by atoms with Gasteiger partial charge in [-0.25, -0.2) is 4.39 Å². The van der Waals surface area contributed by atoms with E-state index in [9.17, 15) is 9.18 Å². The standard InChI is InChI=1S/C12H13FO2/c1-8-7-9(13)4-5-10(8)12(14)11-3-2-6-15-11/h4-5,7,11H,2-3,6H2,1H3. The average molecular weight is 208 g/mol. The SMILES string of the molecule is Cc1cc(F)ccc1C(=O)C1CCCO1. The molecule has 2 rings (SSSR count). The van der Waals surface area contributed by atoms with E-state index in [1.807, 2.05) is 0 Å². The maximum atomic E-state index is 12.8. The third-order valence-electron chi connectivity index (χ3n) is 2.68. The summed E-state index contributed by atoms with van der Waals surface area (Å²) in [5, 5.41) is 0. The van der Waals surface area contributed by atoms with Crippen LogP contribution < -0.4 is 0 Å². The first-order valence-corrected chi connectivity index (χ1v) is 5.10. The van der Waals surface area contributed by atoms with Crippen LogP contribution in [0.3, 0.4) is 0 Å². The van der Waals surface area contributed by atoms with Crippen molar-refractivity contribution in [2.45, 2.75) is 25.9 Å². The number of Topliss-reactive ketones (excluding diaryl/α,β-unsaturated/α-hetero) is 1. The molecular weight excluding hydrogens is 195 g/mol. The first-order valence-electron chi connectivity index (χ1n) is 5.10. The van der Waals surface area contributed by atoms with E-state index in [1.54, 1.807) is 6.92 Å². The Morgan fingerprint density at radius 1 is 1.53 bits per heavy atom. The van der Waals surface area contributed by atoms with Crippen molar-refractivity contribution in [1.82, 2.24) is 0 Å². The fourth-order valence-corrected chi connectivity index (χ4v) is 1.86. The zero-order valence-corrected chi connectivity index (χ0v) is 8.63. The smallest absolute Gasteiger partial charge is 0.191 e. The second-order valence-electron chi connectivity index (χ2n) is 3.83. The number of rotatable bonds is 2. The Morgan fingerprint density at radius 2 is 2.33 bits per heavy atom. The molecule has 80 valence electrons. The van der Waals surface area contributed by atoms with E-state index in [4.69, 9.17) is 4.74 Å². The third-order valence-corrected chi connectivity index (χ3v) is 2.68. The van der Waals surface area contributed by atoms with Crippen molar-refractivity contribution in [3.8, 4) is 0 Å². The van der Waals surface area contributed by atoms with Crippen LogP contribution in [0.15, 0.2) is 18.2 Å². The highest BCUT2D eigenvalue weighted by molar-refractivity contribution is 6.00. The van der Waals surface area contributed by atoms with E-state index >= 15 is 0 Å². The van der Waals surface area contributed by atoms with Gasteiger partial charge in [0.1, 0.15) is 11.9 Å². The number of aryl methyl sites for hydroxylation is 1. The first kappa shape index (κ1) is 10.3.